The summed E-state index contributed by atoms with van der Waals surface area (Å²) in [6.07, 6.45) is 3.84. The lowest BCUT2D eigenvalue weighted by atomic mass is 9.76. The van der Waals surface area contributed by atoms with Crippen molar-refractivity contribution in [2.24, 2.45) is 5.92 Å². The van der Waals surface area contributed by atoms with Gasteiger partial charge < -0.3 is 9.52 Å². The zero-order chi connectivity index (χ0) is 18.1. The van der Waals surface area contributed by atoms with Crippen LogP contribution in [0.1, 0.15) is 24.6 Å². The second-order valence-electron chi connectivity index (χ2n) is 6.33. The van der Waals surface area contributed by atoms with Gasteiger partial charge in [-0.1, -0.05) is 6.07 Å². The van der Waals surface area contributed by atoms with E-state index >= 15 is 0 Å². The van der Waals surface area contributed by atoms with Crippen molar-refractivity contribution in [3.05, 3.63) is 54.5 Å². The molecule has 3 heterocycles. The zero-order valence-corrected chi connectivity index (χ0v) is 14.6. The number of rotatable bonds is 6. The fourth-order valence-corrected chi connectivity index (χ4v) is 4.30. The van der Waals surface area contributed by atoms with Crippen LogP contribution in [-0.2, 0) is 10.0 Å². The maximum atomic E-state index is 12.8. The number of sulfonamides is 1. The number of aliphatic hydroxyl groups excluding tert-OH is 1. The molecule has 0 aromatic carbocycles. The molecule has 0 amide bonds. The number of furan rings is 1. The molecule has 1 aliphatic carbocycles. The first-order valence-corrected chi connectivity index (χ1v) is 9.72. The summed E-state index contributed by atoms with van der Waals surface area (Å²) in [4.78, 5) is 4.28. The largest absolute Gasteiger partial charge is 0.442 e. The molecule has 3 N–H and O–H groups in total. The highest BCUT2D eigenvalue weighted by Gasteiger charge is 2.38. The summed E-state index contributed by atoms with van der Waals surface area (Å²) in [7, 11) is -3.89. The third-order valence-corrected chi connectivity index (χ3v) is 5.84. The monoisotopic (exact) mass is 374 g/mol. The summed E-state index contributed by atoms with van der Waals surface area (Å²) < 4.78 is 33.8. The fraction of sp³-hybridized carbons (Fsp3) is 0.294. The van der Waals surface area contributed by atoms with Crippen LogP contribution in [0.3, 0.4) is 0 Å². The number of aromatic nitrogens is 3. The van der Waals surface area contributed by atoms with Gasteiger partial charge in [0.15, 0.2) is 5.76 Å². The highest BCUT2D eigenvalue weighted by Crippen LogP contribution is 2.38. The van der Waals surface area contributed by atoms with E-state index in [0.717, 1.165) is 0 Å². The van der Waals surface area contributed by atoms with E-state index in [1.807, 2.05) is 6.07 Å². The van der Waals surface area contributed by atoms with E-state index in [0.29, 0.717) is 30.0 Å². The summed E-state index contributed by atoms with van der Waals surface area (Å²) in [5.74, 6) is 0.369. The molecule has 0 aliphatic heterocycles. The van der Waals surface area contributed by atoms with Crippen molar-refractivity contribution in [3.8, 4) is 11.5 Å². The van der Waals surface area contributed by atoms with E-state index in [1.165, 1.54) is 6.07 Å². The molecular weight excluding hydrogens is 356 g/mol. The fourth-order valence-electron chi connectivity index (χ4n) is 3.09. The predicted molar refractivity (Wildman–Crippen MR) is 92.3 cm³/mol. The topological polar surface area (TPSA) is 121 Å². The van der Waals surface area contributed by atoms with Crippen LogP contribution >= 0.6 is 0 Å². The van der Waals surface area contributed by atoms with E-state index in [1.54, 1.807) is 36.7 Å². The van der Waals surface area contributed by atoms with Gasteiger partial charge in [0.05, 0.1) is 17.8 Å². The normalized spacial score (nSPS) is 21.3. The Kier molecular flexibility index (Phi) is 4.35. The molecule has 1 fully saturated rings. The Morgan fingerprint density at radius 3 is 2.69 bits per heavy atom. The Bertz CT molecular complexity index is 963. The van der Waals surface area contributed by atoms with Gasteiger partial charge in [-0.15, -0.1) is 0 Å². The van der Waals surface area contributed by atoms with E-state index < -0.39 is 22.2 Å². The van der Waals surface area contributed by atoms with Gasteiger partial charge in [-0.05, 0) is 49.1 Å². The number of aliphatic hydroxyl groups is 1. The van der Waals surface area contributed by atoms with Gasteiger partial charge >= 0.3 is 0 Å². The minimum Gasteiger partial charge on any atom is -0.442 e. The molecule has 4 rings (SSSR count). The number of hydrogen-bond donors (Lipinski definition) is 3. The maximum Gasteiger partial charge on any atom is 0.274 e. The van der Waals surface area contributed by atoms with Gasteiger partial charge in [0.1, 0.15) is 5.69 Å². The lowest BCUT2D eigenvalue weighted by Gasteiger charge is -2.37. The Morgan fingerprint density at radius 1 is 1.19 bits per heavy atom. The lowest BCUT2D eigenvalue weighted by molar-refractivity contribution is 0.0273. The van der Waals surface area contributed by atoms with E-state index in [-0.39, 0.29) is 11.0 Å². The zero-order valence-electron chi connectivity index (χ0n) is 13.7. The van der Waals surface area contributed by atoms with Crippen LogP contribution in [0.25, 0.3) is 11.5 Å². The molecule has 3 aromatic rings. The van der Waals surface area contributed by atoms with Crippen molar-refractivity contribution < 1.29 is 17.9 Å². The quantitative estimate of drug-likeness (QED) is 0.605. The summed E-state index contributed by atoms with van der Waals surface area (Å²) in [5, 5.41) is 16.0. The molecule has 1 saturated carbocycles. The number of H-pyrrole nitrogens is 1. The van der Waals surface area contributed by atoms with Crippen molar-refractivity contribution >= 4 is 10.0 Å². The average Bonchev–Trinajstić information content (AvgIpc) is 3.29. The summed E-state index contributed by atoms with van der Waals surface area (Å²) in [5.41, 5.74) is 1.21. The number of nitrogens with zero attached hydrogens (tertiary/aromatic N) is 2. The van der Waals surface area contributed by atoms with Crippen LogP contribution in [0.4, 0.5) is 0 Å². The van der Waals surface area contributed by atoms with E-state index in [4.69, 9.17) is 4.42 Å². The van der Waals surface area contributed by atoms with Crippen molar-refractivity contribution in [2.75, 3.05) is 0 Å². The van der Waals surface area contributed by atoms with Crippen molar-refractivity contribution in [1.29, 1.82) is 0 Å². The summed E-state index contributed by atoms with van der Waals surface area (Å²) in [6.45, 7) is 0. The molecule has 1 atom stereocenters. The lowest BCUT2D eigenvalue weighted by Crippen LogP contribution is -2.41. The first-order chi connectivity index (χ1) is 12.5. The molecule has 0 saturated heterocycles. The third kappa shape index (κ3) is 3.28. The van der Waals surface area contributed by atoms with Crippen LogP contribution in [-0.4, -0.2) is 34.8 Å². The molecule has 0 radical (unpaired) electrons. The van der Waals surface area contributed by atoms with Gasteiger partial charge in [-0.25, -0.2) is 8.42 Å². The molecule has 0 spiro atoms. The summed E-state index contributed by atoms with van der Waals surface area (Å²) in [6, 6.07) is 9.50. The van der Waals surface area contributed by atoms with Crippen molar-refractivity contribution in [1.82, 2.24) is 19.9 Å². The Hall–Kier alpha value is -2.49. The number of aromatic amines is 1. The average molecular weight is 374 g/mol. The van der Waals surface area contributed by atoms with Gasteiger partial charge in [-0.2, -0.15) is 9.82 Å². The molecule has 0 bridgehead atoms. The Labute approximate surface area is 150 Å². The van der Waals surface area contributed by atoms with E-state index in [9.17, 15) is 13.5 Å². The van der Waals surface area contributed by atoms with Crippen LogP contribution in [0.2, 0.25) is 0 Å². The van der Waals surface area contributed by atoms with Crippen LogP contribution < -0.4 is 4.72 Å². The van der Waals surface area contributed by atoms with Crippen molar-refractivity contribution in [3.63, 3.8) is 0 Å². The third-order valence-electron chi connectivity index (χ3n) is 4.52. The SMILES string of the molecule is O=S(=O)(NC(c1ccccn1)C1CC(O)C1)c1ccc(-c2ccn[nH]2)o1. The molecule has 136 valence electrons. The minimum atomic E-state index is -3.89. The van der Waals surface area contributed by atoms with Gasteiger partial charge in [-0.3, -0.25) is 10.1 Å². The standard InChI is InChI=1S/C17H18N4O4S/c22-12-9-11(10-12)17(14-3-1-2-7-18-14)21-26(23,24)16-5-4-15(25-16)13-6-8-19-20-13/h1-8,11-12,17,21-22H,9-10H2,(H,19,20). The first kappa shape index (κ1) is 17.0. The van der Waals surface area contributed by atoms with Crippen LogP contribution in [0, 0.1) is 5.92 Å². The molecule has 1 unspecified atom stereocenters. The van der Waals surface area contributed by atoms with Gasteiger partial charge in [0, 0.05) is 12.4 Å². The molecule has 3 aromatic heterocycles. The smallest absolute Gasteiger partial charge is 0.274 e. The second-order valence-corrected chi connectivity index (χ2v) is 7.97. The van der Waals surface area contributed by atoms with E-state index in [2.05, 4.69) is 19.9 Å². The Morgan fingerprint density at radius 2 is 2.04 bits per heavy atom. The van der Waals surface area contributed by atoms with Gasteiger partial charge in [0.2, 0.25) is 5.09 Å². The highest BCUT2D eigenvalue weighted by atomic mass is 32.2. The molecule has 26 heavy (non-hydrogen) atoms. The molecule has 1 aliphatic rings. The van der Waals surface area contributed by atoms with Crippen molar-refractivity contribution in [2.45, 2.75) is 30.1 Å². The molecule has 9 heteroatoms. The number of pyridine rings is 1. The number of nitrogens with one attached hydrogen (secondary N) is 2. The number of hydrogen-bond acceptors (Lipinski definition) is 6. The summed E-state index contributed by atoms with van der Waals surface area (Å²) >= 11 is 0. The maximum absolute atomic E-state index is 12.8. The second kappa shape index (κ2) is 6.67. The molecule has 8 nitrogen and oxygen atoms in total. The minimum absolute atomic E-state index is 0.0169. The Balaban J connectivity index is 1.60. The van der Waals surface area contributed by atoms with Crippen LogP contribution in [0.5, 0.6) is 0 Å². The van der Waals surface area contributed by atoms with Crippen LogP contribution in [0.15, 0.2) is 58.3 Å². The van der Waals surface area contributed by atoms with Gasteiger partial charge in [0.25, 0.3) is 10.0 Å². The first-order valence-electron chi connectivity index (χ1n) is 8.24. The predicted octanol–water partition coefficient (Wildman–Crippen LogP) is 1.86. The molecular formula is C17H18N4O4S. The highest BCUT2D eigenvalue weighted by molar-refractivity contribution is 7.89.